The lowest BCUT2D eigenvalue weighted by molar-refractivity contribution is -0.384. The molecule has 0 saturated carbocycles. The van der Waals surface area contributed by atoms with Crippen molar-refractivity contribution in [1.82, 2.24) is 15.1 Å². The second-order valence-electron chi connectivity index (χ2n) is 7.30. The number of hydrogen-bond donors (Lipinski definition) is 1. The molecular formula is C20H30IN5O4. The van der Waals surface area contributed by atoms with Crippen molar-refractivity contribution in [3.63, 3.8) is 0 Å². The quantitative estimate of drug-likeness (QED) is 0.199. The number of nitrogens with zero attached hydrogens (tertiary/aromatic N) is 4. The zero-order valence-corrected chi connectivity index (χ0v) is 19.6. The molecule has 0 spiro atoms. The number of rotatable bonds is 6. The minimum Gasteiger partial charge on any atom is -0.368 e. The predicted molar refractivity (Wildman–Crippen MR) is 125 cm³/mol. The summed E-state index contributed by atoms with van der Waals surface area (Å²) in [5.41, 5.74) is 0.993. The summed E-state index contributed by atoms with van der Waals surface area (Å²) in [7, 11) is 0. The largest absolute Gasteiger partial charge is 0.368 e. The van der Waals surface area contributed by atoms with E-state index in [4.69, 9.17) is 9.73 Å². The number of amides is 1. The number of carbonyl (C=O) groups excluding carboxylic acids is 1. The monoisotopic (exact) mass is 531 g/mol. The first-order valence-corrected chi connectivity index (χ1v) is 10.3. The fourth-order valence-corrected chi connectivity index (χ4v) is 3.51. The Morgan fingerprint density at radius 2 is 1.90 bits per heavy atom. The van der Waals surface area contributed by atoms with Crippen LogP contribution < -0.4 is 5.32 Å². The summed E-state index contributed by atoms with van der Waals surface area (Å²) < 4.78 is 5.52. The van der Waals surface area contributed by atoms with Gasteiger partial charge in [-0.3, -0.25) is 14.9 Å². The molecule has 3 rings (SSSR count). The van der Waals surface area contributed by atoms with Gasteiger partial charge in [-0.05, 0) is 24.8 Å². The Labute approximate surface area is 194 Å². The van der Waals surface area contributed by atoms with E-state index in [0.29, 0.717) is 39.3 Å². The zero-order chi connectivity index (χ0) is 20.6. The molecule has 1 atom stereocenters. The average molecular weight is 531 g/mol. The van der Waals surface area contributed by atoms with E-state index in [0.717, 1.165) is 37.3 Å². The molecule has 2 saturated heterocycles. The van der Waals surface area contributed by atoms with Crippen LogP contribution in [0.2, 0.25) is 0 Å². The molecule has 0 bridgehead atoms. The molecule has 0 aromatic heterocycles. The van der Waals surface area contributed by atoms with E-state index in [9.17, 15) is 14.9 Å². The smallest absolute Gasteiger partial charge is 0.269 e. The lowest BCUT2D eigenvalue weighted by atomic mass is 10.2. The van der Waals surface area contributed by atoms with Gasteiger partial charge in [0.2, 0.25) is 0 Å². The molecule has 30 heavy (non-hydrogen) atoms. The molecule has 0 radical (unpaired) electrons. The molecule has 0 aliphatic carbocycles. The van der Waals surface area contributed by atoms with Crippen LogP contribution in [-0.4, -0.2) is 72.0 Å². The highest BCUT2D eigenvalue weighted by Crippen LogP contribution is 2.16. The number of ether oxygens (including phenoxy) is 1. The number of halogens is 1. The van der Waals surface area contributed by atoms with Gasteiger partial charge in [-0.1, -0.05) is 19.1 Å². The van der Waals surface area contributed by atoms with Gasteiger partial charge in [0.05, 0.1) is 11.5 Å². The van der Waals surface area contributed by atoms with Gasteiger partial charge in [0.25, 0.3) is 11.6 Å². The number of piperazine rings is 1. The summed E-state index contributed by atoms with van der Waals surface area (Å²) in [4.78, 5) is 31.7. The second-order valence-corrected chi connectivity index (χ2v) is 7.30. The number of guanidine groups is 1. The Kier molecular flexibility index (Phi) is 9.76. The van der Waals surface area contributed by atoms with Crippen molar-refractivity contribution >= 4 is 41.5 Å². The van der Waals surface area contributed by atoms with Gasteiger partial charge in [0.1, 0.15) is 6.10 Å². The Balaban J connectivity index is 0.00000320. The van der Waals surface area contributed by atoms with E-state index in [1.807, 2.05) is 4.90 Å². The molecule has 2 aliphatic rings. The third-order valence-corrected chi connectivity index (χ3v) is 5.19. The summed E-state index contributed by atoms with van der Waals surface area (Å²) in [6.07, 6.45) is 2.49. The van der Waals surface area contributed by atoms with Gasteiger partial charge in [0.15, 0.2) is 5.96 Å². The third kappa shape index (κ3) is 6.53. The summed E-state index contributed by atoms with van der Waals surface area (Å²) in [6, 6.07) is 6.47. The molecule has 1 amide bonds. The Morgan fingerprint density at radius 1 is 1.23 bits per heavy atom. The Bertz CT molecular complexity index is 729. The number of nitrogens with one attached hydrogen (secondary N) is 1. The molecular weight excluding hydrogens is 501 g/mol. The van der Waals surface area contributed by atoms with Crippen LogP contribution in [-0.2, 0) is 16.1 Å². The number of benzene rings is 1. The van der Waals surface area contributed by atoms with Crippen molar-refractivity contribution in [2.45, 2.75) is 38.8 Å². The number of aliphatic imine (C=N–C) groups is 1. The molecule has 10 heteroatoms. The van der Waals surface area contributed by atoms with Crippen molar-refractivity contribution in [1.29, 1.82) is 0 Å². The van der Waals surface area contributed by atoms with Crippen LogP contribution in [0.3, 0.4) is 0 Å². The SMILES string of the molecule is CCCNC(=NCc1ccc([N+](=O)[O-])cc1)N1CCN(C(=O)C2CCCO2)CC1.I. The number of nitro groups is 1. The first kappa shape index (κ1) is 24.3. The summed E-state index contributed by atoms with van der Waals surface area (Å²) in [5.74, 6) is 0.919. The molecule has 1 aromatic carbocycles. The maximum Gasteiger partial charge on any atom is 0.269 e. The Hall–Kier alpha value is -1.95. The predicted octanol–water partition coefficient (Wildman–Crippen LogP) is 2.39. The molecule has 9 nitrogen and oxygen atoms in total. The fourth-order valence-electron chi connectivity index (χ4n) is 3.51. The van der Waals surface area contributed by atoms with Crippen LogP contribution in [0.25, 0.3) is 0 Å². The first-order chi connectivity index (χ1) is 14.1. The molecule has 2 fully saturated rings. The van der Waals surface area contributed by atoms with Crippen molar-refractivity contribution in [3.8, 4) is 0 Å². The molecule has 1 N–H and O–H groups in total. The summed E-state index contributed by atoms with van der Waals surface area (Å²) in [5, 5.41) is 14.2. The minimum absolute atomic E-state index is 0. The van der Waals surface area contributed by atoms with Gasteiger partial charge >= 0.3 is 0 Å². The van der Waals surface area contributed by atoms with Crippen molar-refractivity contribution in [2.24, 2.45) is 4.99 Å². The molecule has 1 aromatic rings. The van der Waals surface area contributed by atoms with E-state index in [2.05, 4.69) is 17.1 Å². The third-order valence-electron chi connectivity index (χ3n) is 5.19. The highest BCUT2D eigenvalue weighted by atomic mass is 127. The van der Waals surface area contributed by atoms with Crippen LogP contribution in [0.4, 0.5) is 5.69 Å². The zero-order valence-electron chi connectivity index (χ0n) is 17.3. The lowest BCUT2D eigenvalue weighted by Crippen LogP contribution is -2.55. The average Bonchev–Trinajstić information content (AvgIpc) is 3.29. The van der Waals surface area contributed by atoms with Crippen LogP contribution >= 0.6 is 24.0 Å². The molecule has 2 heterocycles. The van der Waals surface area contributed by atoms with Crippen LogP contribution in [0, 0.1) is 10.1 Å². The molecule has 166 valence electrons. The van der Waals surface area contributed by atoms with Gasteiger partial charge < -0.3 is 19.9 Å². The number of nitro benzene ring substituents is 1. The number of non-ortho nitro benzene ring substituents is 1. The van der Waals surface area contributed by atoms with Gasteiger partial charge in [0, 0.05) is 51.5 Å². The van der Waals surface area contributed by atoms with Gasteiger partial charge in [-0.25, -0.2) is 4.99 Å². The standard InChI is InChI=1S/C20H29N5O4.HI/c1-2-9-21-20(22-15-16-5-7-17(8-6-16)25(27)28)24-12-10-23(11-13-24)19(26)18-4-3-14-29-18;/h5-8,18H,2-4,9-15H2,1H3,(H,21,22);1H. The van der Waals surface area contributed by atoms with Crippen molar-refractivity contribution < 1.29 is 14.5 Å². The number of hydrogen-bond acceptors (Lipinski definition) is 5. The van der Waals surface area contributed by atoms with Crippen molar-refractivity contribution in [3.05, 3.63) is 39.9 Å². The Morgan fingerprint density at radius 3 is 2.47 bits per heavy atom. The summed E-state index contributed by atoms with van der Waals surface area (Å²) in [6.45, 7) is 6.78. The first-order valence-electron chi connectivity index (χ1n) is 10.3. The molecule has 2 aliphatic heterocycles. The van der Waals surface area contributed by atoms with Crippen LogP contribution in [0.5, 0.6) is 0 Å². The maximum atomic E-state index is 12.5. The van der Waals surface area contributed by atoms with Crippen LogP contribution in [0.1, 0.15) is 31.7 Å². The number of carbonyl (C=O) groups is 1. The van der Waals surface area contributed by atoms with E-state index in [1.54, 1.807) is 12.1 Å². The van der Waals surface area contributed by atoms with Crippen molar-refractivity contribution in [2.75, 3.05) is 39.3 Å². The maximum absolute atomic E-state index is 12.5. The van der Waals surface area contributed by atoms with Gasteiger partial charge in [-0.15, -0.1) is 24.0 Å². The van der Waals surface area contributed by atoms with Crippen LogP contribution in [0.15, 0.2) is 29.3 Å². The minimum atomic E-state index is -0.404. The fraction of sp³-hybridized carbons (Fsp3) is 0.600. The second kappa shape index (κ2) is 12.0. The topological polar surface area (TPSA) is 100 Å². The van der Waals surface area contributed by atoms with E-state index < -0.39 is 4.92 Å². The van der Waals surface area contributed by atoms with Gasteiger partial charge in [-0.2, -0.15) is 0 Å². The lowest BCUT2D eigenvalue weighted by Gasteiger charge is -2.37. The van der Waals surface area contributed by atoms with E-state index in [-0.39, 0.29) is 41.7 Å². The summed E-state index contributed by atoms with van der Waals surface area (Å²) >= 11 is 0. The normalized spacial score (nSPS) is 19.4. The van der Waals surface area contributed by atoms with E-state index >= 15 is 0 Å². The molecule has 1 unspecified atom stereocenters. The highest BCUT2D eigenvalue weighted by Gasteiger charge is 2.30. The highest BCUT2D eigenvalue weighted by molar-refractivity contribution is 14.0. The van der Waals surface area contributed by atoms with E-state index in [1.165, 1.54) is 12.1 Å².